The zero-order valence-electron chi connectivity index (χ0n) is 18.8. The van der Waals surface area contributed by atoms with Crippen LogP contribution in [-0.4, -0.2) is 26.3 Å². The predicted molar refractivity (Wildman–Crippen MR) is 126 cm³/mol. The van der Waals surface area contributed by atoms with E-state index in [0.29, 0.717) is 16.8 Å². The summed E-state index contributed by atoms with van der Waals surface area (Å²) in [4.78, 5) is 37.9. The van der Waals surface area contributed by atoms with Gasteiger partial charge in [-0.25, -0.2) is 14.0 Å². The number of benzene rings is 2. The Bertz CT molecular complexity index is 1320. The van der Waals surface area contributed by atoms with Gasteiger partial charge in [0.15, 0.2) is 0 Å². The molecule has 7 nitrogen and oxygen atoms in total. The van der Waals surface area contributed by atoms with E-state index < -0.39 is 23.0 Å². The molecule has 1 aliphatic rings. The Morgan fingerprint density at radius 3 is 2.55 bits per heavy atom. The lowest BCUT2D eigenvalue weighted by atomic mass is 9.95. The zero-order valence-corrected chi connectivity index (χ0v) is 18.8. The number of rotatable bonds is 6. The minimum atomic E-state index is -1.10. The second-order valence-corrected chi connectivity index (χ2v) is 8.97. The molecule has 174 valence electrons. The summed E-state index contributed by atoms with van der Waals surface area (Å²) in [7, 11) is 0. The number of hydrogen-bond donors (Lipinski definition) is 2. The highest BCUT2D eigenvalue weighted by Gasteiger charge is 2.20. The Morgan fingerprint density at radius 1 is 1.15 bits per heavy atom. The molecule has 33 heavy (non-hydrogen) atoms. The number of carboxylic acids is 1. The molecule has 0 radical (unpaired) electrons. The number of halogens is 1. The highest BCUT2D eigenvalue weighted by atomic mass is 19.1. The SMILES string of the molecule is CC(C)n1c(=O)n(Cc2cccc(C(=O)O)c2)c(=O)c2cc(F)c(NC3CCCCC3)cc21. The summed E-state index contributed by atoms with van der Waals surface area (Å²) in [5, 5.41) is 12.6. The summed E-state index contributed by atoms with van der Waals surface area (Å²) >= 11 is 0. The summed E-state index contributed by atoms with van der Waals surface area (Å²) in [5.41, 5.74) is 0.133. The van der Waals surface area contributed by atoms with Crippen LogP contribution < -0.4 is 16.6 Å². The van der Waals surface area contributed by atoms with Gasteiger partial charge in [0, 0.05) is 12.1 Å². The summed E-state index contributed by atoms with van der Waals surface area (Å²) in [6.45, 7) is 3.56. The van der Waals surface area contributed by atoms with Gasteiger partial charge in [0.25, 0.3) is 5.56 Å². The third-order valence-corrected chi connectivity index (χ3v) is 6.25. The number of anilines is 1. The van der Waals surface area contributed by atoms with Crippen LogP contribution in [-0.2, 0) is 6.54 Å². The molecule has 1 aromatic heterocycles. The normalized spacial score (nSPS) is 14.7. The second kappa shape index (κ2) is 9.21. The van der Waals surface area contributed by atoms with E-state index >= 15 is 4.39 Å². The van der Waals surface area contributed by atoms with Gasteiger partial charge < -0.3 is 10.4 Å². The highest BCUT2D eigenvalue weighted by molar-refractivity contribution is 5.87. The number of nitrogens with one attached hydrogen (secondary N) is 1. The Balaban J connectivity index is 1.84. The molecule has 1 fully saturated rings. The molecule has 8 heteroatoms. The summed E-state index contributed by atoms with van der Waals surface area (Å²) in [6.07, 6.45) is 5.30. The van der Waals surface area contributed by atoms with Gasteiger partial charge in [-0.1, -0.05) is 31.4 Å². The Kier molecular flexibility index (Phi) is 6.35. The van der Waals surface area contributed by atoms with E-state index in [1.807, 2.05) is 13.8 Å². The first kappa shape index (κ1) is 22.8. The van der Waals surface area contributed by atoms with Crippen molar-refractivity contribution < 1.29 is 14.3 Å². The van der Waals surface area contributed by atoms with Crippen molar-refractivity contribution in [1.29, 1.82) is 0 Å². The van der Waals surface area contributed by atoms with Gasteiger partial charge in [0.05, 0.1) is 28.7 Å². The molecule has 1 aliphatic carbocycles. The Labute approximate surface area is 190 Å². The molecule has 1 saturated carbocycles. The molecule has 4 rings (SSSR count). The molecular weight excluding hydrogens is 425 g/mol. The second-order valence-electron chi connectivity index (χ2n) is 8.97. The molecule has 2 aromatic carbocycles. The van der Waals surface area contributed by atoms with E-state index in [2.05, 4.69) is 5.32 Å². The topological polar surface area (TPSA) is 93.3 Å². The first-order valence-electron chi connectivity index (χ1n) is 11.3. The average molecular weight is 454 g/mol. The van der Waals surface area contributed by atoms with Gasteiger partial charge in [0.1, 0.15) is 5.82 Å². The lowest BCUT2D eigenvalue weighted by Gasteiger charge is -2.25. The quantitative estimate of drug-likeness (QED) is 0.578. The van der Waals surface area contributed by atoms with Gasteiger partial charge >= 0.3 is 11.7 Å². The number of hydrogen-bond acceptors (Lipinski definition) is 4. The van der Waals surface area contributed by atoms with Crippen molar-refractivity contribution in [3.05, 3.63) is 74.2 Å². The smallest absolute Gasteiger partial charge is 0.335 e. The molecule has 0 amide bonds. The number of carbonyl (C=O) groups is 1. The first-order chi connectivity index (χ1) is 15.8. The summed E-state index contributed by atoms with van der Waals surface area (Å²) < 4.78 is 17.6. The number of carboxylic acid groups (broad SMARTS) is 1. The molecule has 0 atom stereocenters. The largest absolute Gasteiger partial charge is 0.478 e. The molecule has 1 heterocycles. The minimum Gasteiger partial charge on any atom is -0.478 e. The third kappa shape index (κ3) is 4.55. The predicted octanol–water partition coefficient (Wildman–Crippen LogP) is 4.37. The van der Waals surface area contributed by atoms with Crippen LogP contribution in [0.4, 0.5) is 10.1 Å². The van der Waals surface area contributed by atoms with Gasteiger partial charge in [-0.15, -0.1) is 0 Å². The molecule has 2 N–H and O–H groups in total. The third-order valence-electron chi connectivity index (χ3n) is 6.25. The molecule has 3 aromatic rings. The maximum atomic E-state index is 15.0. The van der Waals surface area contributed by atoms with E-state index in [1.54, 1.807) is 18.2 Å². The number of fused-ring (bicyclic) bond motifs is 1. The fraction of sp³-hybridized carbons (Fsp3) is 0.400. The van der Waals surface area contributed by atoms with Crippen LogP contribution in [0.1, 0.15) is 67.9 Å². The van der Waals surface area contributed by atoms with E-state index in [4.69, 9.17) is 0 Å². The maximum Gasteiger partial charge on any atom is 0.335 e. The van der Waals surface area contributed by atoms with Crippen molar-refractivity contribution in [2.45, 2.75) is 64.6 Å². The van der Waals surface area contributed by atoms with Crippen LogP contribution >= 0.6 is 0 Å². The summed E-state index contributed by atoms with van der Waals surface area (Å²) in [5.74, 6) is -1.62. The molecule has 0 unspecified atom stereocenters. The number of aromatic nitrogens is 2. The first-order valence-corrected chi connectivity index (χ1v) is 11.3. The van der Waals surface area contributed by atoms with Crippen LogP contribution in [0, 0.1) is 5.82 Å². The highest BCUT2D eigenvalue weighted by Crippen LogP contribution is 2.26. The molecule has 0 bridgehead atoms. The standard InChI is InChI=1S/C25H28FN3O4/c1-15(2)29-22-13-21(27-18-9-4-3-5-10-18)20(26)12-19(22)23(30)28(25(29)33)14-16-7-6-8-17(11-16)24(31)32/h6-8,11-13,15,18,27H,3-5,9-10,14H2,1-2H3,(H,31,32). The van der Waals surface area contributed by atoms with Crippen molar-refractivity contribution in [3.63, 3.8) is 0 Å². The van der Waals surface area contributed by atoms with Gasteiger partial charge in [-0.3, -0.25) is 13.9 Å². The van der Waals surface area contributed by atoms with Crippen LogP contribution in [0.25, 0.3) is 10.9 Å². The van der Waals surface area contributed by atoms with E-state index in [0.717, 1.165) is 30.3 Å². The van der Waals surface area contributed by atoms with E-state index in [1.165, 1.54) is 29.2 Å². The maximum absolute atomic E-state index is 15.0. The number of aromatic carboxylic acids is 1. The summed E-state index contributed by atoms with van der Waals surface area (Å²) in [6, 6.07) is 8.75. The average Bonchev–Trinajstić information content (AvgIpc) is 2.78. The van der Waals surface area contributed by atoms with E-state index in [-0.39, 0.29) is 29.6 Å². The van der Waals surface area contributed by atoms with Crippen LogP contribution in [0.5, 0.6) is 0 Å². The van der Waals surface area contributed by atoms with Crippen molar-refractivity contribution in [2.24, 2.45) is 0 Å². The zero-order chi connectivity index (χ0) is 23.7. The molecular formula is C25H28FN3O4. The van der Waals surface area contributed by atoms with Crippen molar-refractivity contribution in [1.82, 2.24) is 9.13 Å². The Hall–Kier alpha value is -3.42. The lowest BCUT2D eigenvalue weighted by molar-refractivity contribution is 0.0696. The van der Waals surface area contributed by atoms with Crippen molar-refractivity contribution in [2.75, 3.05) is 5.32 Å². The fourth-order valence-corrected chi connectivity index (χ4v) is 4.60. The molecule has 0 aliphatic heterocycles. The van der Waals surface area contributed by atoms with Crippen LogP contribution in [0.2, 0.25) is 0 Å². The van der Waals surface area contributed by atoms with E-state index in [9.17, 15) is 19.5 Å². The van der Waals surface area contributed by atoms with Gasteiger partial charge in [0.2, 0.25) is 0 Å². The monoisotopic (exact) mass is 453 g/mol. The van der Waals surface area contributed by atoms with Crippen molar-refractivity contribution in [3.8, 4) is 0 Å². The van der Waals surface area contributed by atoms with Gasteiger partial charge in [-0.05, 0) is 56.5 Å². The minimum absolute atomic E-state index is 0.0648. The van der Waals surface area contributed by atoms with Gasteiger partial charge in [-0.2, -0.15) is 0 Å². The Morgan fingerprint density at radius 2 is 1.88 bits per heavy atom. The molecule has 0 spiro atoms. The van der Waals surface area contributed by atoms with Crippen molar-refractivity contribution >= 4 is 22.6 Å². The van der Waals surface area contributed by atoms with Crippen LogP contribution in [0.15, 0.2) is 46.0 Å². The molecule has 0 saturated heterocycles. The number of nitrogens with zero attached hydrogens (tertiary/aromatic N) is 2. The fourth-order valence-electron chi connectivity index (χ4n) is 4.60. The lowest BCUT2D eigenvalue weighted by Crippen LogP contribution is -2.41. The van der Waals surface area contributed by atoms with Crippen LogP contribution in [0.3, 0.4) is 0 Å².